The predicted octanol–water partition coefficient (Wildman–Crippen LogP) is 4.25. The van der Waals surface area contributed by atoms with Gasteiger partial charge in [0, 0.05) is 24.3 Å². The number of benzene rings is 1. The van der Waals surface area contributed by atoms with E-state index < -0.39 is 0 Å². The molecule has 122 valence electrons. The topological polar surface area (TPSA) is 68.3 Å². The second kappa shape index (κ2) is 8.43. The summed E-state index contributed by atoms with van der Waals surface area (Å²) in [7, 11) is 0. The van der Waals surface area contributed by atoms with Gasteiger partial charge in [-0.15, -0.1) is 11.3 Å². The number of carbonyl (C=O) groups is 2. The Morgan fingerprint density at radius 3 is 2.78 bits per heavy atom. The SMILES string of the molecule is CCCCCC(=O)Nc1nc(-c2ccccc2OC(C)=O)cs1. The van der Waals surface area contributed by atoms with Crippen LogP contribution in [0.15, 0.2) is 29.6 Å². The number of nitrogens with zero attached hydrogens (tertiary/aromatic N) is 1. The molecule has 0 saturated heterocycles. The number of unbranched alkanes of at least 4 members (excludes halogenated alkanes) is 2. The van der Waals surface area contributed by atoms with Gasteiger partial charge in [0.1, 0.15) is 5.75 Å². The summed E-state index contributed by atoms with van der Waals surface area (Å²) in [4.78, 5) is 27.4. The highest BCUT2D eigenvalue weighted by molar-refractivity contribution is 7.14. The van der Waals surface area contributed by atoms with Gasteiger partial charge in [0.2, 0.25) is 5.91 Å². The van der Waals surface area contributed by atoms with Crippen LogP contribution >= 0.6 is 11.3 Å². The molecule has 23 heavy (non-hydrogen) atoms. The van der Waals surface area contributed by atoms with Gasteiger partial charge in [-0.05, 0) is 18.6 Å². The fourth-order valence-corrected chi connectivity index (χ4v) is 2.82. The van der Waals surface area contributed by atoms with Crippen molar-refractivity contribution in [3.8, 4) is 17.0 Å². The van der Waals surface area contributed by atoms with Crippen LogP contribution in [0.25, 0.3) is 11.3 Å². The molecule has 0 atom stereocenters. The van der Waals surface area contributed by atoms with E-state index in [2.05, 4.69) is 17.2 Å². The normalized spacial score (nSPS) is 10.3. The molecular formula is C17H20N2O3S. The minimum absolute atomic E-state index is 0.0207. The lowest BCUT2D eigenvalue weighted by Crippen LogP contribution is -2.10. The van der Waals surface area contributed by atoms with E-state index in [0.29, 0.717) is 23.0 Å². The second-order valence-electron chi connectivity index (χ2n) is 5.13. The largest absolute Gasteiger partial charge is 0.426 e. The Morgan fingerprint density at radius 2 is 2.04 bits per heavy atom. The summed E-state index contributed by atoms with van der Waals surface area (Å²) in [6.07, 6.45) is 3.52. The van der Waals surface area contributed by atoms with Gasteiger partial charge in [-0.1, -0.05) is 31.9 Å². The zero-order valence-corrected chi connectivity index (χ0v) is 14.1. The van der Waals surface area contributed by atoms with Gasteiger partial charge in [-0.25, -0.2) is 4.98 Å². The molecule has 1 aromatic carbocycles. The van der Waals surface area contributed by atoms with Crippen LogP contribution < -0.4 is 10.1 Å². The van der Waals surface area contributed by atoms with Gasteiger partial charge in [0.25, 0.3) is 0 Å². The fraction of sp³-hybridized carbons (Fsp3) is 0.353. The molecule has 0 unspecified atom stereocenters. The first kappa shape index (κ1) is 17.1. The molecule has 0 bridgehead atoms. The number of hydrogen-bond donors (Lipinski definition) is 1. The molecule has 1 N–H and O–H groups in total. The molecule has 1 aromatic heterocycles. The highest BCUT2D eigenvalue weighted by atomic mass is 32.1. The minimum Gasteiger partial charge on any atom is -0.426 e. The summed E-state index contributed by atoms with van der Waals surface area (Å²) < 4.78 is 5.19. The molecule has 2 aromatic rings. The van der Waals surface area contributed by atoms with Crippen LogP contribution in [0.1, 0.15) is 39.5 Å². The zero-order valence-electron chi connectivity index (χ0n) is 13.3. The van der Waals surface area contributed by atoms with Crippen molar-refractivity contribution in [2.45, 2.75) is 39.5 Å². The summed E-state index contributed by atoms with van der Waals surface area (Å²) in [5.74, 6) is 0.0656. The van der Waals surface area contributed by atoms with Crippen molar-refractivity contribution in [3.63, 3.8) is 0 Å². The number of aromatic nitrogens is 1. The highest BCUT2D eigenvalue weighted by Crippen LogP contribution is 2.32. The standard InChI is InChI=1S/C17H20N2O3S/c1-3-4-5-10-16(21)19-17-18-14(11-23-17)13-8-6-7-9-15(13)22-12(2)20/h6-9,11H,3-5,10H2,1-2H3,(H,18,19,21). The first-order valence-corrected chi connectivity index (χ1v) is 8.51. The van der Waals surface area contributed by atoms with Crippen LogP contribution in [0, 0.1) is 0 Å². The molecule has 1 heterocycles. The first-order chi connectivity index (χ1) is 11.1. The Hall–Kier alpha value is -2.21. The average molecular weight is 332 g/mol. The Morgan fingerprint density at radius 1 is 1.26 bits per heavy atom. The molecule has 0 aliphatic heterocycles. The van der Waals surface area contributed by atoms with Crippen molar-refractivity contribution < 1.29 is 14.3 Å². The quantitative estimate of drug-likeness (QED) is 0.467. The van der Waals surface area contributed by atoms with Gasteiger partial charge < -0.3 is 10.1 Å². The molecule has 0 aliphatic rings. The molecular weight excluding hydrogens is 312 g/mol. The van der Waals surface area contributed by atoms with Crippen molar-refractivity contribution in [2.24, 2.45) is 0 Å². The number of nitrogens with one attached hydrogen (secondary N) is 1. The van der Waals surface area contributed by atoms with Gasteiger partial charge >= 0.3 is 5.97 Å². The molecule has 1 amide bonds. The summed E-state index contributed by atoms with van der Waals surface area (Å²) in [6.45, 7) is 3.46. The zero-order chi connectivity index (χ0) is 16.7. The van der Waals surface area contributed by atoms with Gasteiger partial charge in [0.15, 0.2) is 5.13 Å². The van der Waals surface area contributed by atoms with E-state index in [9.17, 15) is 9.59 Å². The van der Waals surface area contributed by atoms with E-state index in [4.69, 9.17) is 4.74 Å². The molecule has 0 fully saturated rings. The maximum absolute atomic E-state index is 11.8. The van der Waals surface area contributed by atoms with Crippen molar-refractivity contribution >= 4 is 28.3 Å². The van der Waals surface area contributed by atoms with E-state index in [-0.39, 0.29) is 11.9 Å². The van der Waals surface area contributed by atoms with Crippen molar-refractivity contribution in [3.05, 3.63) is 29.6 Å². The number of rotatable bonds is 7. The lowest BCUT2D eigenvalue weighted by Gasteiger charge is -2.06. The molecule has 0 spiro atoms. The maximum Gasteiger partial charge on any atom is 0.308 e. The van der Waals surface area contributed by atoms with Gasteiger partial charge in [-0.2, -0.15) is 0 Å². The van der Waals surface area contributed by atoms with Crippen molar-refractivity contribution in [1.82, 2.24) is 4.98 Å². The maximum atomic E-state index is 11.8. The predicted molar refractivity (Wildman–Crippen MR) is 91.6 cm³/mol. The Labute approximate surface area is 139 Å². The van der Waals surface area contributed by atoms with Crippen LogP contribution in [0.4, 0.5) is 5.13 Å². The lowest BCUT2D eigenvalue weighted by molar-refractivity contribution is -0.131. The third-order valence-electron chi connectivity index (χ3n) is 3.17. The molecule has 6 heteroatoms. The van der Waals surface area contributed by atoms with Crippen LogP contribution in [0.5, 0.6) is 5.75 Å². The molecule has 5 nitrogen and oxygen atoms in total. The number of para-hydroxylation sites is 1. The van der Waals surface area contributed by atoms with Crippen LogP contribution in [0.2, 0.25) is 0 Å². The average Bonchev–Trinajstić information content (AvgIpc) is 2.95. The molecule has 0 radical (unpaired) electrons. The van der Waals surface area contributed by atoms with Gasteiger partial charge in [-0.3, -0.25) is 9.59 Å². The third kappa shape index (κ3) is 5.17. The van der Waals surface area contributed by atoms with Crippen molar-refractivity contribution in [1.29, 1.82) is 0 Å². The molecule has 2 rings (SSSR count). The fourth-order valence-electron chi connectivity index (χ4n) is 2.09. The monoisotopic (exact) mass is 332 g/mol. The van der Waals surface area contributed by atoms with Crippen LogP contribution in [0.3, 0.4) is 0 Å². The van der Waals surface area contributed by atoms with E-state index in [0.717, 1.165) is 24.8 Å². The van der Waals surface area contributed by atoms with Gasteiger partial charge in [0.05, 0.1) is 5.69 Å². The van der Waals surface area contributed by atoms with E-state index in [1.54, 1.807) is 12.1 Å². The van der Waals surface area contributed by atoms with Crippen LogP contribution in [-0.4, -0.2) is 16.9 Å². The lowest BCUT2D eigenvalue weighted by atomic mass is 10.1. The molecule has 0 saturated carbocycles. The minimum atomic E-state index is -0.378. The number of hydrogen-bond acceptors (Lipinski definition) is 5. The first-order valence-electron chi connectivity index (χ1n) is 7.63. The van der Waals surface area contributed by atoms with E-state index in [1.807, 2.05) is 17.5 Å². The van der Waals surface area contributed by atoms with E-state index >= 15 is 0 Å². The summed E-state index contributed by atoms with van der Waals surface area (Å²) >= 11 is 1.36. The highest BCUT2D eigenvalue weighted by Gasteiger charge is 2.12. The number of amides is 1. The Kier molecular flexibility index (Phi) is 6.29. The number of carbonyl (C=O) groups excluding carboxylic acids is 2. The molecule has 0 aliphatic carbocycles. The summed E-state index contributed by atoms with van der Waals surface area (Å²) in [6, 6.07) is 7.20. The third-order valence-corrected chi connectivity index (χ3v) is 3.93. The summed E-state index contributed by atoms with van der Waals surface area (Å²) in [5, 5.41) is 5.20. The number of thiazole rings is 1. The number of ether oxygens (including phenoxy) is 1. The second-order valence-corrected chi connectivity index (χ2v) is 5.99. The van der Waals surface area contributed by atoms with Crippen molar-refractivity contribution in [2.75, 3.05) is 5.32 Å². The summed E-state index contributed by atoms with van der Waals surface area (Å²) in [5.41, 5.74) is 1.40. The number of anilines is 1. The van der Waals surface area contributed by atoms with E-state index in [1.165, 1.54) is 18.3 Å². The smallest absolute Gasteiger partial charge is 0.308 e. The Balaban J connectivity index is 2.07. The Bertz CT molecular complexity index is 682. The number of esters is 1. The van der Waals surface area contributed by atoms with Crippen LogP contribution in [-0.2, 0) is 9.59 Å².